The lowest BCUT2D eigenvalue weighted by Crippen LogP contribution is -2.41. The highest BCUT2D eigenvalue weighted by Crippen LogP contribution is 2.24. The molecular formula is C15H23NO2. The van der Waals surface area contributed by atoms with Gasteiger partial charge in [-0.15, -0.1) is 0 Å². The van der Waals surface area contributed by atoms with Gasteiger partial charge in [0.05, 0.1) is 12.7 Å². The second-order valence-corrected chi connectivity index (χ2v) is 5.18. The molecular weight excluding hydrogens is 226 g/mol. The van der Waals surface area contributed by atoms with Crippen LogP contribution in [-0.2, 0) is 6.42 Å². The van der Waals surface area contributed by atoms with Gasteiger partial charge in [0.25, 0.3) is 0 Å². The van der Waals surface area contributed by atoms with Gasteiger partial charge >= 0.3 is 0 Å². The van der Waals surface area contributed by atoms with Gasteiger partial charge in [0.15, 0.2) is 0 Å². The van der Waals surface area contributed by atoms with Crippen LogP contribution in [0.2, 0.25) is 0 Å². The molecule has 0 unspecified atom stereocenters. The van der Waals surface area contributed by atoms with Gasteiger partial charge in [-0.25, -0.2) is 0 Å². The van der Waals surface area contributed by atoms with Crippen molar-refractivity contribution in [3.63, 3.8) is 0 Å². The quantitative estimate of drug-likeness (QED) is 0.840. The molecule has 0 atom stereocenters. The first-order chi connectivity index (χ1) is 8.72. The summed E-state index contributed by atoms with van der Waals surface area (Å²) in [6, 6.07) is 8.19. The van der Waals surface area contributed by atoms with Gasteiger partial charge in [0.2, 0.25) is 0 Å². The van der Waals surface area contributed by atoms with Crippen molar-refractivity contribution in [1.82, 2.24) is 5.32 Å². The number of piperidine rings is 1. The van der Waals surface area contributed by atoms with E-state index in [1.807, 2.05) is 12.1 Å². The summed E-state index contributed by atoms with van der Waals surface area (Å²) < 4.78 is 5.14. The van der Waals surface area contributed by atoms with Crippen molar-refractivity contribution in [2.75, 3.05) is 20.2 Å². The van der Waals surface area contributed by atoms with Gasteiger partial charge in [-0.1, -0.05) is 12.1 Å². The third-order valence-electron chi connectivity index (χ3n) is 3.80. The molecule has 1 saturated heterocycles. The van der Waals surface area contributed by atoms with E-state index < -0.39 is 5.60 Å². The lowest BCUT2D eigenvalue weighted by Gasteiger charge is -2.32. The molecule has 2 rings (SSSR count). The molecule has 1 aromatic carbocycles. The molecule has 1 aromatic rings. The van der Waals surface area contributed by atoms with Gasteiger partial charge in [-0.05, 0) is 62.9 Å². The molecule has 0 amide bonds. The summed E-state index contributed by atoms with van der Waals surface area (Å²) >= 11 is 0. The molecule has 1 fully saturated rings. The molecule has 0 radical (unpaired) electrons. The molecule has 18 heavy (non-hydrogen) atoms. The van der Waals surface area contributed by atoms with E-state index in [1.165, 1.54) is 5.56 Å². The maximum Gasteiger partial charge on any atom is 0.118 e. The molecule has 1 aliphatic heterocycles. The number of hydrogen-bond acceptors (Lipinski definition) is 3. The van der Waals surface area contributed by atoms with Crippen LogP contribution in [0.5, 0.6) is 5.75 Å². The number of aliphatic hydroxyl groups is 1. The van der Waals surface area contributed by atoms with Gasteiger partial charge in [0.1, 0.15) is 5.75 Å². The first kappa shape index (κ1) is 13.4. The molecule has 0 spiro atoms. The minimum atomic E-state index is -0.433. The predicted molar refractivity (Wildman–Crippen MR) is 73.0 cm³/mol. The second-order valence-electron chi connectivity index (χ2n) is 5.18. The van der Waals surface area contributed by atoms with Crippen LogP contribution < -0.4 is 10.1 Å². The second kappa shape index (κ2) is 6.21. The van der Waals surface area contributed by atoms with Crippen LogP contribution >= 0.6 is 0 Å². The summed E-state index contributed by atoms with van der Waals surface area (Å²) in [5.74, 6) is 0.899. The van der Waals surface area contributed by atoms with E-state index in [0.29, 0.717) is 0 Å². The first-order valence-electron chi connectivity index (χ1n) is 6.78. The Morgan fingerprint density at radius 2 is 1.89 bits per heavy atom. The Bertz CT molecular complexity index is 355. The van der Waals surface area contributed by atoms with E-state index in [1.54, 1.807) is 7.11 Å². The number of rotatable bonds is 5. The summed E-state index contributed by atoms with van der Waals surface area (Å²) in [6.07, 6.45) is 4.74. The zero-order valence-electron chi connectivity index (χ0n) is 11.1. The maximum absolute atomic E-state index is 10.4. The smallest absolute Gasteiger partial charge is 0.118 e. The fourth-order valence-electron chi connectivity index (χ4n) is 2.56. The minimum Gasteiger partial charge on any atom is -0.497 e. The number of benzene rings is 1. The van der Waals surface area contributed by atoms with Crippen LogP contribution in [0, 0.1) is 0 Å². The van der Waals surface area contributed by atoms with Crippen LogP contribution in [0.4, 0.5) is 0 Å². The monoisotopic (exact) mass is 249 g/mol. The van der Waals surface area contributed by atoms with Crippen LogP contribution in [0.15, 0.2) is 24.3 Å². The largest absolute Gasteiger partial charge is 0.497 e. The van der Waals surface area contributed by atoms with Crippen molar-refractivity contribution < 1.29 is 9.84 Å². The molecule has 0 bridgehead atoms. The zero-order chi connectivity index (χ0) is 12.8. The number of hydrogen-bond donors (Lipinski definition) is 2. The number of aryl methyl sites for hydroxylation is 1. The van der Waals surface area contributed by atoms with E-state index in [9.17, 15) is 5.11 Å². The Kier molecular flexibility index (Phi) is 4.61. The van der Waals surface area contributed by atoms with E-state index in [4.69, 9.17) is 4.74 Å². The topological polar surface area (TPSA) is 41.5 Å². The van der Waals surface area contributed by atoms with Crippen molar-refractivity contribution >= 4 is 0 Å². The van der Waals surface area contributed by atoms with Gasteiger partial charge in [-0.3, -0.25) is 0 Å². The molecule has 0 aromatic heterocycles. The highest BCUT2D eigenvalue weighted by molar-refractivity contribution is 5.27. The number of methoxy groups -OCH3 is 1. The summed E-state index contributed by atoms with van der Waals surface area (Å²) in [7, 11) is 1.68. The lowest BCUT2D eigenvalue weighted by atomic mass is 9.87. The van der Waals surface area contributed by atoms with Gasteiger partial charge < -0.3 is 15.2 Å². The Hall–Kier alpha value is -1.06. The van der Waals surface area contributed by atoms with Crippen LogP contribution in [-0.4, -0.2) is 30.9 Å². The van der Waals surface area contributed by atoms with Crippen molar-refractivity contribution in [3.8, 4) is 5.75 Å². The first-order valence-corrected chi connectivity index (χ1v) is 6.78. The average Bonchev–Trinajstić information content (AvgIpc) is 2.40. The molecule has 3 nitrogen and oxygen atoms in total. The lowest BCUT2D eigenvalue weighted by molar-refractivity contribution is 0.000921. The zero-order valence-corrected chi connectivity index (χ0v) is 11.1. The number of nitrogens with one attached hydrogen (secondary N) is 1. The van der Waals surface area contributed by atoms with Crippen molar-refractivity contribution in [2.24, 2.45) is 0 Å². The van der Waals surface area contributed by atoms with Crippen molar-refractivity contribution in [1.29, 1.82) is 0 Å². The standard InChI is InChI=1S/C15H23NO2/c1-18-14-6-4-13(5-7-14)3-2-8-15(17)9-11-16-12-10-15/h4-7,16-17H,2-3,8-12H2,1H3. The third-order valence-corrected chi connectivity index (χ3v) is 3.80. The SMILES string of the molecule is COc1ccc(CCCC2(O)CCNCC2)cc1. The fraction of sp³-hybridized carbons (Fsp3) is 0.600. The highest BCUT2D eigenvalue weighted by atomic mass is 16.5. The summed E-state index contributed by atoms with van der Waals surface area (Å²) in [5.41, 5.74) is 0.880. The van der Waals surface area contributed by atoms with Crippen molar-refractivity contribution in [2.45, 2.75) is 37.7 Å². The van der Waals surface area contributed by atoms with E-state index in [-0.39, 0.29) is 0 Å². The molecule has 2 N–H and O–H groups in total. The molecule has 3 heteroatoms. The van der Waals surface area contributed by atoms with Crippen molar-refractivity contribution in [3.05, 3.63) is 29.8 Å². The van der Waals surface area contributed by atoms with Crippen LogP contribution in [0.3, 0.4) is 0 Å². The molecule has 1 heterocycles. The van der Waals surface area contributed by atoms with Gasteiger partial charge in [0, 0.05) is 0 Å². The third kappa shape index (κ3) is 3.72. The summed E-state index contributed by atoms with van der Waals surface area (Å²) in [6.45, 7) is 1.89. The summed E-state index contributed by atoms with van der Waals surface area (Å²) in [5, 5.41) is 13.7. The molecule has 0 saturated carbocycles. The number of ether oxygens (including phenoxy) is 1. The molecule has 0 aliphatic carbocycles. The summed E-state index contributed by atoms with van der Waals surface area (Å²) in [4.78, 5) is 0. The molecule has 100 valence electrons. The Morgan fingerprint density at radius 1 is 1.22 bits per heavy atom. The highest BCUT2D eigenvalue weighted by Gasteiger charge is 2.28. The Morgan fingerprint density at radius 3 is 2.50 bits per heavy atom. The predicted octanol–water partition coefficient (Wildman–Crippen LogP) is 2.13. The van der Waals surface area contributed by atoms with E-state index in [0.717, 1.165) is 50.9 Å². The van der Waals surface area contributed by atoms with Crippen LogP contribution in [0.1, 0.15) is 31.2 Å². The van der Waals surface area contributed by atoms with Crippen LogP contribution in [0.25, 0.3) is 0 Å². The average molecular weight is 249 g/mol. The molecule has 1 aliphatic rings. The van der Waals surface area contributed by atoms with Gasteiger partial charge in [-0.2, -0.15) is 0 Å². The minimum absolute atomic E-state index is 0.433. The maximum atomic E-state index is 10.4. The normalized spacial score (nSPS) is 18.6. The van der Waals surface area contributed by atoms with E-state index >= 15 is 0 Å². The fourth-order valence-corrected chi connectivity index (χ4v) is 2.56. The Balaban J connectivity index is 1.77. The van der Waals surface area contributed by atoms with E-state index in [2.05, 4.69) is 17.4 Å². The Labute approximate surface area is 109 Å².